The van der Waals surface area contributed by atoms with E-state index >= 15 is 0 Å². The maximum atomic E-state index is 11.4. The Morgan fingerprint density at radius 3 is 1.33 bits per heavy atom. The van der Waals surface area contributed by atoms with Crippen molar-refractivity contribution in [3.05, 3.63) is 0 Å². The van der Waals surface area contributed by atoms with E-state index in [4.69, 9.17) is 54.7 Å². The molecule has 1 saturated heterocycles. The van der Waals surface area contributed by atoms with Gasteiger partial charge < -0.3 is 50.2 Å². The van der Waals surface area contributed by atoms with Gasteiger partial charge in [0.05, 0.1) is 12.8 Å². The average Bonchev–Trinajstić information content (AvgIpc) is 2.59. The standard InChI is InChI=1S/C8H12N2O3.C6H8O7.BH3O3.K.H3O4P/c1-3-9-6(11)5-7(12)10(4-2)8(9)13;7-3(8)1-6(13,5(11)12)2-4(9)10;2-1(3)4;;1-5(2,3)4/h3-5H2,1-2H3;13H,1-2H2,(H,7,8)(H,9,10)(H,11,12);2-4H;;(H3,1,2,3,4)/q;;;+1;/p-1. The number of rotatable bonds is 7. The molecule has 36 heavy (non-hydrogen) atoms. The zero-order valence-electron chi connectivity index (χ0n) is 19.2. The summed E-state index contributed by atoms with van der Waals surface area (Å²) >= 11 is 0. The van der Waals surface area contributed by atoms with Crippen molar-refractivity contribution in [2.75, 3.05) is 13.1 Å². The number of phosphoric acid groups is 1. The molecule has 202 valence electrons. The molecule has 9 N–H and O–H groups in total. The summed E-state index contributed by atoms with van der Waals surface area (Å²) in [5.74, 6) is -5.82. The number of aliphatic carboxylic acids is 3. The normalized spacial score (nSPS) is 13.0. The molecular formula is C14H25BKN2O17P. The topological polar surface area (TPSA) is 331 Å². The molecular weight excluding hydrogens is 549 g/mol. The number of carboxylic acid groups (broad SMARTS) is 3. The molecule has 0 spiro atoms. The number of nitrogens with zero attached hydrogens (tertiary/aromatic N) is 2. The van der Waals surface area contributed by atoms with Crippen molar-refractivity contribution < 1.29 is 135 Å². The molecule has 0 saturated carbocycles. The van der Waals surface area contributed by atoms with E-state index in [1.807, 2.05) is 0 Å². The van der Waals surface area contributed by atoms with Gasteiger partial charge in [0.25, 0.3) is 7.82 Å². The SMILES string of the molecule is CCN1C(=O)CC(=O)N(CC)C1=O.O=C(O)CC(O)(CC(=O)O)C(=O)O.O=P([O-])(O)O.OB(O)O.[K+]. The molecule has 1 rings (SSSR count). The van der Waals surface area contributed by atoms with Crippen LogP contribution >= 0.6 is 7.82 Å². The molecule has 0 bridgehead atoms. The van der Waals surface area contributed by atoms with Crippen molar-refractivity contribution in [3.8, 4) is 0 Å². The number of aliphatic hydroxyl groups is 1. The smallest absolute Gasteiger partial charge is 0.756 e. The second-order valence-electron chi connectivity index (χ2n) is 6.05. The van der Waals surface area contributed by atoms with Crippen LogP contribution in [0.2, 0.25) is 0 Å². The molecule has 0 aliphatic carbocycles. The van der Waals surface area contributed by atoms with Gasteiger partial charge in [0.15, 0.2) is 5.60 Å². The second kappa shape index (κ2) is 19.7. The van der Waals surface area contributed by atoms with Crippen LogP contribution in [0.15, 0.2) is 0 Å². The minimum Gasteiger partial charge on any atom is -0.756 e. The van der Waals surface area contributed by atoms with Crippen LogP contribution in [-0.2, 0) is 28.5 Å². The number of carbonyl (C=O) groups excluding carboxylic acids is 3. The van der Waals surface area contributed by atoms with E-state index in [9.17, 15) is 28.8 Å². The largest absolute Gasteiger partial charge is 1.00 e. The Balaban J connectivity index is -0.000000210. The first kappa shape index (κ1) is 41.8. The van der Waals surface area contributed by atoms with Gasteiger partial charge in [0.1, 0.15) is 6.42 Å². The molecule has 0 unspecified atom stereocenters. The summed E-state index contributed by atoms with van der Waals surface area (Å²) in [7, 11) is -7.06. The number of amides is 4. The third-order valence-corrected chi connectivity index (χ3v) is 3.28. The minimum atomic E-state index is -4.89. The maximum Gasteiger partial charge on any atom is 1.00 e. The third-order valence-electron chi connectivity index (χ3n) is 3.28. The molecule has 0 aromatic rings. The first-order valence-electron chi connectivity index (χ1n) is 8.97. The molecule has 4 amide bonds. The summed E-state index contributed by atoms with van der Waals surface area (Å²) in [4.78, 5) is 89.3. The van der Waals surface area contributed by atoms with Crippen molar-refractivity contribution in [1.29, 1.82) is 0 Å². The van der Waals surface area contributed by atoms with Crippen molar-refractivity contribution in [1.82, 2.24) is 9.80 Å². The monoisotopic (exact) mass is 574 g/mol. The maximum absolute atomic E-state index is 11.4. The van der Waals surface area contributed by atoms with Gasteiger partial charge in [0, 0.05) is 13.1 Å². The quantitative estimate of drug-likeness (QED) is 0.0774. The molecule has 22 heteroatoms. The number of hydrogen-bond donors (Lipinski definition) is 9. The number of imide groups is 2. The first-order valence-corrected chi connectivity index (χ1v) is 10.5. The zero-order valence-corrected chi connectivity index (χ0v) is 23.3. The van der Waals surface area contributed by atoms with Gasteiger partial charge in [-0.25, -0.2) is 9.59 Å². The van der Waals surface area contributed by atoms with E-state index in [0.29, 0.717) is 13.1 Å². The van der Waals surface area contributed by atoms with Gasteiger partial charge in [-0.05, 0) is 13.8 Å². The fourth-order valence-electron chi connectivity index (χ4n) is 2.02. The number of carboxylic acids is 3. The van der Waals surface area contributed by atoms with Crippen LogP contribution in [0, 0.1) is 0 Å². The Labute approximate surface area is 245 Å². The van der Waals surface area contributed by atoms with E-state index in [1.54, 1.807) is 13.8 Å². The van der Waals surface area contributed by atoms with Crippen molar-refractivity contribution in [3.63, 3.8) is 0 Å². The number of urea groups is 1. The van der Waals surface area contributed by atoms with E-state index < -0.39 is 69.3 Å². The average molecular weight is 574 g/mol. The van der Waals surface area contributed by atoms with Gasteiger partial charge in [-0.3, -0.25) is 33.5 Å². The van der Waals surface area contributed by atoms with Crippen molar-refractivity contribution in [2.45, 2.75) is 38.7 Å². The molecule has 0 atom stereocenters. The Kier molecular flexibility index (Phi) is 22.9. The van der Waals surface area contributed by atoms with E-state index in [2.05, 4.69) is 0 Å². The summed E-state index contributed by atoms with van der Waals surface area (Å²) in [6.07, 6.45) is -2.48. The molecule has 1 fully saturated rings. The Hall–Kier alpha value is -1.33. The van der Waals surface area contributed by atoms with Gasteiger partial charge in [-0.1, -0.05) is 0 Å². The molecule has 0 radical (unpaired) electrons. The van der Waals surface area contributed by atoms with Crippen LogP contribution in [0.1, 0.15) is 33.1 Å². The summed E-state index contributed by atoms with van der Waals surface area (Å²) in [5, 5.41) is 55.3. The van der Waals surface area contributed by atoms with Gasteiger partial charge in [-0.2, -0.15) is 0 Å². The summed E-state index contributed by atoms with van der Waals surface area (Å²) in [6.45, 7) is 4.06. The van der Waals surface area contributed by atoms with Crippen molar-refractivity contribution in [2.24, 2.45) is 0 Å². The molecule has 0 aromatic carbocycles. The van der Waals surface area contributed by atoms with Crippen LogP contribution in [0.4, 0.5) is 4.79 Å². The van der Waals surface area contributed by atoms with Crippen LogP contribution < -0.4 is 56.3 Å². The molecule has 1 heterocycles. The molecule has 19 nitrogen and oxygen atoms in total. The van der Waals surface area contributed by atoms with Gasteiger partial charge in [0.2, 0.25) is 11.8 Å². The third kappa shape index (κ3) is 21.9. The number of carbonyl (C=O) groups is 6. The zero-order chi connectivity index (χ0) is 28.7. The van der Waals surface area contributed by atoms with Gasteiger partial charge >= 0.3 is 82.6 Å². The Morgan fingerprint density at radius 2 is 1.17 bits per heavy atom. The minimum absolute atomic E-state index is 0. The van der Waals surface area contributed by atoms with Crippen LogP contribution in [0.5, 0.6) is 0 Å². The first-order chi connectivity index (χ1) is 15.6. The fraction of sp³-hybridized carbons (Fsp3) is 0.571. The second-order valence-corrected chi connectivity index (χ2v) is 7.03. The summed E-state index contributed by atoms with van der Waals surface area (Å²) in [6, 6.07) is -0.494. The Bertz CT molecular complexity index is 768. The van der Waals surface area contributed by atoms with Crippen LogP contribution in [0.25, 0.3) is 0 Å². The molecule has 0 aromatic heterocycles. The van der Waals surface area contributed by atoms with Gasteiger partial charge in [-0.15, -0.1) is 0 Å². The van der Waals surface area contributed by atoms with E-state index in [0.717, 1.165) is 9.80 Å². The summed E-state index contributed by atoms with van der Waals surface area (Å²) in [5.41, 5.74) is -2.74. The van der Waals surface area contributed by atoms with Crippen molar-refractivity contribution >= 4 is 50.9 Å². The van der Waals surface area contributed by atoms with E-state index in [1.165, 1.54) is 0 Å². The van der Waals surface area contributed by atoms with Crippen LogP contribution in [-0.4, -0.2) is 117 Å². The predicted molar refractivity (Wildman–Crippen MR) is 106 cm³/mol. The molecule has 1 aliphatic heterocycles. The Morgan fingerprint density at radius 1 is 0.917 bits per heavy atom. The van der Waals surface area contributed by atoms with E-state index in [-0.39, 0.29) is 57.8 Å². The number of hydrogen-bond acceptors (Lipinski definition) is 12. The summed E-state index contributed by atoms with van der Waals surface area (Å²) < 4.78 is 8.77. The number of barbiturate groups is 1. The van der Waals surface area contributed by atoms with Crippen LogP contribution in [0.3, 0.4) is 0 Å². The molecule has 1 aliphatic rings. The fourth-order valence-corrected chi connectivity index (χ4v) is 2.02. The predicted octanol–water partition coefficient (Wildman–Crippen LogP) is -7.65.